The zero-order valence-electron chi connectivity index (χ0n) is 18.7. The molecule has 7 nitrogen and oxygen atoms in total. The number of hydrogen-bond acceptors (Lipinski definition) is 6. The number of benzene rings is 2. The van der Waals surface area contributed by atoms with E-state index < -0.39 is 10.8 Å². The SMILES string of the molecule is COc1ccc(CCNC(=O)c2ccc(C[S@@](=O)Cc3ccccc3Cl)o2)c(OC)c1OC. The van der Waals surface area contributed by atoms with Gasteiger partial charge in [-0.15, -0.1) is 0 Å². The van der Waals surface area contributed by atoms with Crippen LogP contribution in [0.5, 0.6) is 17.2 Å². The zero-order valence-corrected chi connectivity index (χ0v) is 20.3. The van der Waals surface area contributed by atoms with Gasteiger partial charge < -0.3 is 23.9 Å². The lowest BCUT2D eigenvalue weighted by Gasteiger charge is -2.15. The Balaban J connectivity index is 1.55. The van der Waals surface area contributed by atoms with Crippen molar-refractivity contribution in [2.24, 2.45) is 0 Å². The number of amides is 1. The lowest BCUT2D eigenvalue weighted by molar-refractivity contribution is 0.0925. The van der Waals surface area contributed by atoms with E-state index in [4.69, 9.17) is 30.2 Å². The fraction of sp³-hybridized carbons (Fsp3) is 0.292. The van der Waals surface area contributed by atoms with E-state index in [0.29, 0.717) is 46.7 Å². The molecule has 0 aliphatic rings. The normalized spacial score (nSPS) is 11.6. The van der Waals surface area contributed by atoms with Crippen LogP contribution < -0.4 is 19.5 Å². The maximum Gasteiger partial charge on any atom is 0.287 e. The summed E-state index contributed by atoms with van der Waals surface area (Å²) in [6, 6.07) is 14.2. The van der Waals surface area contributed by atoms with Crippen molar-refractivity contribution in [1.29, 1.82) is 0 Å². The van der Waals surface area contributed by atoms with E-state index >= 15 is 0 Å². The summed E-state index contributed by atoms with van der Waals surface area (Å²) in [5, 5.41) is 3.41. The van der Waals surface area contributed by atoms with Crippen molar-refractivity contribution in [3.05, 3.63) is 76.2 Å². The van der Waals surface area contributed by atoms with Crippen molar-refractivity contribution in [3.63, 3.8) is 0 Å². The maximum absolute atomic E-state index is 12.5. The molecule has 176 valence electrons. The van der Waals surface area contributed by atoms with Crippen LogP contribution in [-0.4, -0.2) is 38.0 Å². The van der Waals surface area contributed by atoms with E-state index in [1.165, 1.54) is 0 Å². The van der Waals surface area contributed by atoms with E-state index in [1.54, 1.807) is 45.6 Å². The molecule has 1 amide bonds. The second-order valence-electron chi connectivity index (χ2n) is 7.09. The Morgan fingerprint density at radius 3 is 2.39 bits per heavy atom. The average molecular weight is 492 g/mol. The third-order valence-corrected chi connectivity index (χ3v) is 6.54. The molecule has 1 atom stereocenters. The summed E-state index contributed by atoms with van der Waals surface area (Å²) < 4.78 is 34.2. The Labute approximate surface area is 200 Å². The quantitative estimate of drug-likeness (QED) is 0.428. The molecule has 0 fully saturated rings. The van der Waals surface area contributed by atoms with Gasteiger partial charge in [-0.05, 0) is 36.2 Å². The van der Waals surface area contributed by atoms with Gasteiger partial charge in [0.15, 0.2) is 17.3 Å². The van der Waals surface area contributed by atoms with Gasteiger partial charge in [0.2, 0.25) is 5.75 Å². The number of furan rings is 1. The number of halogens is 1. The Morgan fingerprint density at radius 2 is 1.70 bits per heavy atom. The largest absolute Gasteiger partial charge is 0.493 e. The average Bonchev–Trinajstić information content (AvgIpc) is 3.28. The summed E-state index contributed by atoms with van der Waals surface area (Å²) in [5.74, 6) is 2.44. The third-order valence-electron chi connectivity index (χ3n) is 4.93. The minimum absolute atomic E-state index is 0.166. The van der Waals surface area contributed by atoms with Crippen molar-refractivity contribution in [1.82, 2.24) is 5.32 Å². The lowest BCUT2D eigenvalue weighted by Crippen LogP contribution is -2.25. The molecule has 2 aromatic carbocycles. The van der Waals surface area contributed by atoms with Gasteiger partial charge in [-0.1, -0.05) is 35.9 Å². The molecule has 3 aromatic rings. The predicted molar refractivity (Wildman–Crippen MR) is 128 cm³/mol. The summed E-state index contributed by atoms with van der Waals surface area (Å²) >= 11 is 6.13. The summed E-state index contributed by atoms with van der Waals surface area (Å²) in [6.07, 6.45) is 0.519. The van der Waals surface area contributed by atoms with Crippen LogP contribution in [0.4, 0.5) is 0 Å². The predicted octanol–water partition coefficient (Wildman–Crippen LogP) is 4.38. The van der Waals surface area contributed by atoms with Gasteiger partial charge >= 0.3 is 0 Å². The van der Waals surface area contributed by atoms with Crippen molar-refractivity contribution in [2.75, 3.05) is 27.9 Å². The summed E-state index contributed by atoms with van der Waals surface area (Å²) in [7, 11) is 3.44. The standard InChI is InChI=1S/C24H26ClNO6S/c1-29-20-10-8-16(22(30-2)23(20)31-3)12-13-26-24(27)21-11-9-18(32-21)15-33(28)14-17-6-4-5-7-19(17)25/h4-11H,12-15H2,1-3H3,(H,26,27)/t33-/m0/s1. The molecule has 1 N–H and O–H groups in total. The first-order valence-corrected chi connectivity index (χ1v) is 12.1. The number of ether oxygens (including phenoxy) is 3. The Hall–Kier alpha value is -2.97. The number of carbonyl (C=O) groups is 1. The van der Waals surface area contributed by atoms with Gasteiger partial charge in [-0.25, -0.2) is 0 Å². The molecule has 1 aromatic heterocycles. The summed E-state index contributed by atoms with van der Waals surface area (Å²) in [6.45, 7) is 0.360. The van der Waals surface area contributed by atoms with Gasteiger partial charge in [-0.2, -0.15) is 0 Å². The van der Waals surface area contributed by atoms with E-state index in [-0.39, 0.29) is 17.4 Å². The fourth-order valence-corrected chi connectivity index (χ4v) is 4.79. The van der Waals surface area contributed by atoms with Crippen molar-refractivity contribution in [2.45, 2.75) is 17.9 Å². The highest BCUT2D eigenvalue weighted by Gasteiger charge is 2.17. The number of carbonyl (C=O) groups excluding carboxylic acids is 1. The van der Waals surface area contributed by atoms with Crippen molar-refractivity contribution < 1.29 is 27.6 Å². The van der Waals surface area contributed by atoms with Crippen LogP contribution in [0.25, 0.3) is 0 Å². The number of nitrogens with one attached hydrogen (secondary N) is 1. The van der Waals surface area contributed by atoms with E-state index in [9.17, 15) is 9.00 Å². The highest BCUT2D eigenvalue weighted by atomic mass is 35.5. The van der Waals surface area contributed by atoms with Crippen LogP contribution in [-0.2, 0) is 28.7 Å². The van der Waals surface area contributed by atoms with E-state index in [1.807, 2.05) is 24.3 Å². The molecule has 0 aliphatic heterocycles. The topological polar surface area (TPSA) is 87.0 Å². The molecule has 0 saturated heterocycles. The molecule has 0 radical (unpaired) electrons. The first-order chi connectivity index (χ1) is 16.0. The minimum Gasteiger partial charge on any atom is -0.493 e. The van der Waals surface area contributed by atoms with E-state index in [0.717, 1.165) is 11.1 Å². The zero-order chi connectivity index (χ0) is 23.8. The maximum atomic E-state index is 12.5. The molecule has 1 heterocycles. The highest BCUT2D eigenvalue weighted by molar-refractivity contribution is 7.83. The molecular weight excluding hydrogens is 466 g/mol. The first-order valence-electron chi connectivity index (χ1n) is 10.2. The van der Waals surface area contributed by atoms with Crippen molar-refractivity contribution in [3.8, 4) is 17.2 Å². The number of methoxy groups -OCH3 is 3. The lowest BCUT2D eigenvalue weighted by atomic mass is 10.1. The Bertz CT molecular complexity index is 1130. The number of hydrogen-bond donors (Lipinski definition) is 1. The second kappa shape index (κ2) is 11.8. The Kier molecular flexibility index (Phi) is 8.79. The monoisotopic (exact) mass is 491 g/mol. The number of rotatable bonds is 11. The molecule has 0 bridgehead atoms. The van der Waals surface area contributed by atoms with Gasteiger partial charge in [0, 0.05) is 27.9 Å². The molecule has 0 saturated carbocycles. The summed E-state index contributed by atoms with van der Waals surface area (Å²) in [5.41, 5.74) is 1.68. The van der Waals surface area contributed by atoms with E-state index in [2.05, 4.69) is 5.32 Å². The van der Waals surface area contributed by atoms with Gasteiger partial charge in [0.25, 0.3) is 5.91 Å². The van der Waals surface area contributed by atoms with Gasteiger partial charge in [0.05, 0.1) is 32.8 Å². The third kappa shape index (κ3) is 6.30. The van der Waals surface area contributed by atoms with Crippen molar-refractivity contribution >= 4 is 28.3 Å². The molecule has 3 rings (SSSR count). The summed E-state index contributed by atoms with van der Waals surface area (Å²) in [4.78, 5) is 12.5. The Morgan fingerprint density at radius 1 is 0.939 bits per heavy atom. The second-order valence-corrected chi connectivity index (χ2v) is 8.95. The molecule has 0 aliphatic carbocycles. The van der Waals surface area contributed by atoms with Gasteiger partial charge in [0.1, 0.15) is 5.76 Å². The minimum atomic E-state index is -1.22. The molecule has 0 spiro atoms. The van der Waals surface area contributed by atoms with Crippen LogP contribution in [0.2, 0.25) is 5.02 Å². The van der Waals surface area contributed by atoms with Crippen LogP contribution in [0.15, 0.2) is 52.9 Å². The van der Waals surface area contributed by atoms with Crippen LogP contribution in [0.1, 0.15) is 27.4 Å². The molecule has 9 heteroatoms. The van der Waals surface area contributed by atoms with Crippen LogP contribution >= 0.6 is 11.6 Å². The smallest absolute Gasteiger partial charge is 0.287 e. The fourth-order valence-electron chi connectivity index (χ4n) is 3.33. The molecular formula is C24H26ClNO6S. The highest BCUT2D eigenvalue weighted by Crippen LogP contribution is 2.39. The van der Waals surface area contributed by atoms with Crippen LogP contribution in [0.3, 0.4) is 0 Å². The first kappa shape index (κ1) is 24.7. The molecule has 33 heavy (non-hydrogen) atoms. The van der Waals surface area contributed by atoms with Gasteiger partial charge in [-0.3, -0.25) is 9.00 Å². The molecule has 0 unspecified atom stereocenters. The van der Waals surface area contributed by atoms with Crippen LogP contribution in [0, 0.1) is 0 Å².